The molecule has 0 aromatic heterocycles. The van der Waals surface area contributed by atoms with Crippen molar-refractivity contribution in [1.82, 2.24) is 0 Å². The van der Waals surface area contributed by atoms with Crippen LogP contribution in [0.1, 0.15) is 335 Å². The van der Waals surface area contributed by atoms with Crippen molar-refractivity contribution in [3.63, 3.8) is 0 Å². The predicted octanol–water partition coefficient (Wildman–Crippen LogP) is 23.1. The largest absolute Gasteiger partial charge is 0.462 e. The third kappa shape index (κ3) is 63.4. The lowest BCUT2D eigenvalue weighted by molar-refractivity contribution is -0.167. The number of hydrogen-bond acceptors (Lipinski definition) is 6. The molecule has 0 saturated heterocycles. The van der Waals surface area contributed by atoms with E-state index in [0.717, 1.165) is 109 Å². The van der Waals surface area contributed by atoms with Crippen LogP contribution in [0.15, 0.2) is 85.1 Å². The first kappa shape index (κ1) is 74.6. The van der Waals surface area contributed by atoms with Crippen molar-refractivity contribution in [3.8, 4) is 0 Å². The summed E-state index contributed by atoms with van der Waals surface area (Å²) in [5.74, 6) is -0.894. The molecule has 0 aliphatic rings. The summed E-state index contributed by atoms with van der Waals surface area (Å²) >= 11 is 0. The average molecular weight is 1090 g/mol. The minimum absolute atomic E-state index is 0.0805. The Kier molecular flexibility index (Phi) is 63.2. The van der Waals surface area contributed by atoms with Crippen molar-refractivity contribution in [1.29, 1.82) is 0 Å². The monoisotopic (exact) mass is 1090 g/mol. The van der Waals surface area contributed by atoms with Gasteiger partial charge in [0.1, 0.15) is 13.2 Å². The van der Waals surface area contributed by atoms with E-state index in [1.807, 2.05) is 0 Å². The summed E-state index contributed by atoms with van der Waals surface area (Å²) in [5, 5.41) is 0. The molecular formula is C72H126O6. The Morgan fingerprint density at radius 3 is 0.795 bits per heavy atom. The second kappa shape index (κ2) is 66.1. The van der Waals surface area contributed by atoms with Gasteiger partial charge in [0.15, 0.2) is 6.10 Å². The number of carbonyl (C=O) groups is 3. The third-order valence-electron chi connectivity index (χ3n) is 14.6. The van der Waals surface area contributed by atoms with E-state index in [-0.39, 0.29) is 31.1 Å². The SMILES string of the molecule is CC/C=C\C/C=C\C/C=C\C/C=C\CCCCCCCCCCCCCCCCCCCCCCC(=O)OCC(COC(=O)CCCCC/C=C\C/C=C\C/C=C\CC)OC(=O)CCCCCCCCCCCCCCCC. The smallest absolute Gasteiger partial charge is 0.306 e. The molecule has 0 aliphatic carbocycles. The van der Waals surface area contributed by atoms with Crippen LogP contribution in [0.3, 0.4) is 0 Å². The minimum atomic E-state index is -0.785. The molecule has 0 aromatic carbocycles. The van der Waals surface area contributed by atoms with Crippen LogP contribution in [-0.2, 0) is 28.6 Å². The second-order valence-corrected chi connectivity index (χ2v) is 22.3. The van der Waals surface area contributed by atoms with Crippen LogP contribution in [0.4, 0.5) is 0 Å². The molecule has 6 nitrogen and oxygen atoms in total. The molecular weight excluding hydrogens is 961 g/mol. The summed E-state index contributed by atoms with van der Waals surface area (Å²) < 4.78 is 16.9. The van der Waals surface area contributed by atoms with Crippen LogP contribution in [0, 0.1) is 0 Å². The van der Waals surface area contributed by atoms with E-state index in [9.17, 15) is 14.4 Å². The molecule has 0 amide bonds. The molecule has 78 heavy (non-hydrogen) atoms. The number of esters is 3. The lowest BCUT2D eigenvalue weighted by atomic mass is 10.0. The first-order valence-corrected chi connectivity index (χ1v) is 33.6. The highest BCUT2D eigenvalue weighted by molar-refractivity contribution is 5.71. The highest BCUT2D eigenvalue weighted by Crippen LogP contribution is 2.18. The van der Waals surface area contributed by atoms with Gasteiger partial charge in [0, 0.05) is 19.3 Å². The third-order valence-corrected chi connectivity index (χ3v) is 14.6. The minimum Gasteiger partial charge on any atom is -0.462 e. The van der Waals surface area contributed by atoms with Gasteiger partial charge in [-0.1, -0.05) is 311 Å². The van der Waals surface area contributed by atoms with Gasteiger partial charge >= 0.3 is 17.9 Å². The second-order valence-electron chi connectivity index (χ2n) is 22.3. The number of hydrogen-bond donors (Lipinski definition) is 0. The van der Waals surface area contributed by atoms with Gasteiger partial charge in [0.05, 0.1) is 0 Å². The zero-order valence-corrected chi connectivity index (χ0v) is 51.7. The molecule has 450 valence electrons. The summed E-state index contributed by atoms with van der Waals surface area (Å²) in [6, 6.07) is 0. The van der Waals surface area contributed by atoms with Crippen molar-refractivity contribution < 1.29 is 28.6 Å². The Balaban J connectivity index is 4.11. The molecule has 1 unspecified atom stereocenters. The fraction of sp³-hybridized carbons (Fsp3) is 0.764. The van der Waals surface area contributed by atoms with Crippen molar-refractivity contribution in [2.45, 2.75) is 341 Å². The van der Waals surface area contributed by atoms with Gasteiger partial charge in [-0.25, -0.2) is 0 Å². The molecule has 0 N–H and O–H groups in total. The summed E-state index contributed by atoms with van der Waals surface area (Å²) in [5.41, 5.74) is 0. The maximum absolute atomic E-state index is 12.9. The quantitative estimate of drug-likeness (QED) is 0.0261. The van der Waals surface area contributed by atoms with Crippen molar-refractivity contribution >= 4 is 17.9 Å². The average Bonchev–Trinajstić information content (AvgIpc) is 3.44. The molecule has 0 rings (SSSR count). The van der Waals surface area contributed by atoms with E-state index in [2.05, 4.69) is 106 Å². The first-order chi connectivity index (χ1) is 38.5. The molecule has 0 bridgehead atoms. The summed E-state index contributed by atoms with van der Waals surface area (Å²) in [6.07, 6.45) is 87.7. The lowest BCUT2D eigenvalue weighted by Crippen LogP contribution is -2.30. The molecule has 0 heterocycles. The van der Waals surface area contributed by atoms with E-state index < -0.39 is 6.10 Å². The van der Waals surface area contributed by atoms with Crippen molar-refractivity contribution in [2.75, 3.05) is 13.2 Å². The number of allylic oxidation sites excluding steroid dienone is 14. The van der Waals surface area contributed by atoms with Gasteiger partial charge in [-0.05, 0) is 89.9 Å². The van der Waals surface area contributed by atoms with E-state index >= 15 is 0 Å². The molecule has 1 atom stereocenters. The Hall–Kier alpha value is -3.41. The van der Waals surface area contributed by atoms with Gasteiger partial charge in [-0.2, -0.15) is 0 Å². The highest BCUT2D eigenvalue weighted by atomic mass is 16.6. The molecule has 0 aliphatic heterocycles. The van der Waals surface area contributed by atoms with Crippen LogP contribution in [0.25, 0.3) is 0 Å². The van der Waals surface area contributed by atoms with Crippen molar-refractivity contribution in [2.24, 2.45) is 0 Å². The van der Waals surface area contributed by atoms with E-state index in [1.165, 1.54) is 186 Å². The molecule has 0 aromatic rings. The van der Waals surface area contributed by atoms with Gasteiger partial charge in [-0.15, -0.1) is 0 Å². The maximum atomic E-state index is 12.9. The fourth-order valence-electron chi connectivity index (χ4n) is 9.69. The number of unbranched alkanes of at least 4 members (excludes halogenated alkanes) is 36. The Bertz CT molecular complexity index is 1480. The standard InChI is InChI=1S/C72H126O6/c1-4-7-10-13-16-19-22-25-27-28-29-30-31-32-33-34-35-36-37-38-39-40-41-42-43-44-45-48-50-53-56-59-62-65-71(74)77-68-69(67-76-70(73)64-61-58-55-52-49-46-24-21-18-15-12-9-6-3)78-72(75)66-63-60-57-54-51-47-26-23-20-17-14-11-8-5-2/h7,9-10,12,16,18-19,21,25,27,29-30,46,49,69H,4-6,8,11,13-15,17,20,22-24,26,28,31-45,47-48,50-68H2,1-3H3/b10-7-,12-9-,19-16-,21-18-,27-25-,30-29-,49-46-. The molecule has 0 spiro atoms. The van der Waals surface area contributed by atoms with Crippen LogP contribution in [0.2, 0.25) is 0 Å². The summed E-state index contributed by atoms with van der Waals surface area (Å²) in [4.78, 5) is 38.3. The van der Waals surface area contributed by atoms with Gasteiger partial charge in [0.2, 0.25) is 0 Å². The van der Waals surface area contributed by atoms with Gasteiger partial charge in [0.25, 0.3) is 0 Å². The Morgan fingerprint density at radius 2 is 0.500 bits per heavy atom. The van der Waals surface area contributed by atoms with Gasteiger partial charge in [-0.3, -0.25) is 14.4 Å². The maximum Gasteiger partial charge on any atom is 0.306 e. The normalized spacial score (nSPS) is 12.6. The van der Waals surface area contributed by atoms with Gasteiger partial charge < -0.3 is 14.2 Å². The summed E-state index contributed by atoms with van der Waals surface area (Å²) in [6.45, 7) is 6.43. The molecule has 0 fully saturated rings. The van der Waals surface area contributed by atoms with Crippen molar-refractivity contribution in [3.05, 3.63) is 85.1 Å². The Morgan fingerprint density at radius 1 is 0.269 bits per heavy atom. The predicted molar refractivity (Wildman–Crippen MR) is 339 cm³/mol. The number of carbonyl (C=O) groups excluding carboxylic acids is 3. The van der Waals surface area contributed by atoms with Crippen LogP contribution in [-0.4, -0.2) is 37.2 Å². The van der Waals surface area contributed by atoms with Crippen LogP contribution < -0.4 is 0 Å². The summed E-state index contributed by atoms with van der Waals surface area (Å²) in [7, 11) is 0. The topological polar surface area (TPSA) is 78.9 Å². The molecule has 6 heteroatoms. The fourth-order valence-corrected chi connectivity index (χ4v) is 9.69. The zero-order valence-electron chi connectivity index (χ0n) is 51.7. The van der Waals surface area contributed by atoms with Crippen LogP contribution in [0.5, 0.6) is 0 Å². The molecule has 0 saturated carbocycles. The van der Waals surface area contributed by atoms with E-state index in [1.54, 1.807) is 0 Å². The molecule has 0 radical (unpaired) electrons. The number of ether oxygens (including phenoxy) is 3. The zero-order chi connectivity index (χ0) is 56.4. The number of rotatable bonds is 61. The lowest BCUT2D eigenvalue weighted by Gasteiger charge is -2.18. The Labute approximate surface area is 484 Å². The first-order valence-electron chi connectivity index (χ1n) is 33.6. The van der Waals surface area contributed by atoms with E-state index in [0.29, 0.717) is 19.3 Å². The highest BCUT2D eigenvalue weighted by Gasteiger charge is 2.19. The van der Waals surface area contributed by atoms with Crippen LogP contribution >= 0.6 is 0 Å². The van der Waals surface area contributed by atoms with E-state index in [4.69, 9.17) is 14.2 Å².